The Morgan fingerprint density at radius 2 is 1.85 bits per heavy atom. The van der Waals surface area contributed by atoms with E-state index in [1.807, 2.05) is 13.8 Å². The summed E-state index contributed by atoms with van der Waals surface area (Å²) in [6.07, 6.45) is 1.73. The summed E-state index contributed by atoms with van der Waals surface area (Å²) in [5.74, 6) is -2.10. The van der Waals surface area contributed by atoms with Crippen molar-refractivity contribution < 1.29 is 14.7 Å². The molecule has 26 heavy (non-hydrogen) atoms. The van der Waals surface area contributed by atoms with Crippen LogP contribution in [0.5, 0.6) is 0 Å². The van der Waals surface area contributed by atoms with E-state index in [1.54, 1.807) is 38.1 Å². The van der Waals surface area contributed by atoms with Crippen molar-refractivity contribution >= 4 is 22.8 Å². The van der Waals surface area contributed by atoms with Crippen molar-refractivity contribution in [2.75, 3.05) is 0 Å². The summed E-state index contributed by atoms with van der Waals surface area (Å²) < 4.78 is 1.28. The van der Waals surface area contributed by atoms with Gasteiger partial charge in [0.05, 0.1) is 29.2 Å². The minimum atomic E-state index is -1.35. The van der Waals surface area contributed by atoms with E-state index in [2.05, 4.69) is 10.3 Å². The van der Waals surface area contributed by atoms with Gasteiger partial charge in [0.15, 0.2) is 0 Å². The zero-order valence-electron chi connectivity index (χ0n) is 15.4. The lowest BCUT2D eigenvalue weighted by Gasteiger charge is -2.27. The quantitative estimate of drug-likeness (QED) is 0.791. The van der Waals surface area contributed by atoms with Gasteiger partial charge in [-0.15, -0.1) is 0 Å². The van der Waals surface area contributed by atoms with E-state index in [4.69, 9.17) is 0 Å². The van der Waals surface area contributed by atoms with Crippen molar-refractivity contribution in [1.29, 1.82) is 0 Å². The van der Waals surface area contributed by atoms with Gasteiger partial charge >= 0.3 is 0 Å². The average molecular weight is 358 g/mol. The lowest BCUT2D eigenvalue weighted by Crippen LogP contribution is -2.53. The van der Waals surface area contributed by atoms with Crippen molar-refractivity contribution in [2.24, 2.45) is 11.8 Å². The molecule has 7 heteroatoms. The van der Waals surface area contributed by atoms with Gasteiger partial charge in [-0.05, 0) is 30.4 Å². The first kappa shape index (κ1) is 19.6. The maximum Gasteiger partial charge on any atom is 0.261 e. The Morgan fingerprint density at radius 1 is 1.19 bits per heavy atom. The van der Waals surface area contributed by atoms with Crippen LogP contribution < -0.4 is 16.0 Å². The molecule has 2 atom stereocenters. The number of fused-ring (bicyclic) bond motifs is 1. The summed E-state index contributed by atoms with van der Waals surface area (Å²) in [4.78, 5) is 41.2. The Labute approximate surface area is 152 Å². The number of amides is 1. The topological polar surface area (TPSA) is 104 Å². The molecule has 1 N–H and O–H groups in total. The second kappa shape index (κ2) is 8.12. The summed E-state index contributed by atoms with van der Waals surface area (Å²) >= 11 is 0. The van der Waals surface area contributed by atoms with Gasteiger partial charge in [-0.3, -0.25) is 14.2 Å². The second-order valence-electron chi connectivity index (χ2n) is 7.17. The number of nitrogens with one attached hydrogen (secondary N) is 1. The third kappa shape index (κ3) is 4.28. The normalized spacial score (nSPS) is 13.8. The minimum absolute atomic E-state index is 0.115. The van der Waals surface area contributed by atoms with E-state index in [0.29, 0.717) is 17.3 Å². The summed E-state index contributed by atoms with van der Waals surface area (Å²) in [7, 11) is 0. The number of hydrogen-bond donors (Lipinski definition) is 1. The Hall–Kier alpha value is -2.70. The maximum absolute atomic E-state index is 12.8. The Bertz CT molecular complexity index is 857. The molecule has 0 saturated heterocycles. The molecule has 0 fully saturated rings. The first-order valence-electron chi connectivity index (χ1n) is 8.69. The molecule has 0 aliphatic rings. The summed E-state index contributed by atoms with van der Waals surface area (Å²) in [5.41, 5.74) is 0.221. The lowest BCUT2D eigenvalue weighted by molar-refractivity contribution is -0.309. The lowest BCUT2D eigenvalue weighted by atomic mass is 10.00. The van der Waals surface area contributed by atoms with Crippen LogP contribution in [0.1, 0.15) is 40.2 Å². The molecular formula is C19H24N3O4-. The molecule has 0 aliphatic heterocycles. The molecule has 1 amide bonds. The number of rotatable bonds is 7. The van der Waals surface area contributed by atoms with Crippen LogP contribution in [0.4, 0.5) is 0 Å². The van der Waals surface area contributed by atoms with Crippen molar-refractivity contribution in [1.82, 2.24) is 14.9 Å². The van der Waals surface area contributed by atoms with Crippen molar-refractivity contribution in [3.05, 3.63) is 40.9 Å². The van der Waals surface area contributed by atoms with E-state index < -0.39 is 24.0 Å². The van der Waals surface area contributed by atoms with Crippen molar-refractivity contribution in [3.8, 4) is 0 Å². The van der Waals surface area contributed by atoms with Gasteiger partial charge in [-0.25, -0.2) is 4.98 Å². The summed E-state index contributed by atoms with van der Waals surface area (Å²) in [6, 6.07) is 4.93. The molecule has 140 valence electrons. The maximum atomic E-state index is 12.8. The molecule has 0 unspecified atom stereocenters. The highest BCUT2D eigenvalue weighted by molar-refractivity contribution is 5.86. The van der Waals surface area contributed by atoms with Crippen LogP contribution in [0.15, 0.2) is 35.4 Å². The van der Waals surface area contributed by atoms with Crippen LogP contribution in [0.25, 0.3) is 10.9 Å². The van der Waals surface area contributed by atoms with Crippen LogP contribution >= 0.6 is 0 Å². The SMILES string of the molecule is CC(C)C[C@@H](C(=O)N[C@H](C(=O)[O-])C(C)C)n1cnc2ccccc2c1=O. The number of aliphatic carboxylic acids is 1. The number of benzene rings is 1. The fourth-order valence-electron chi connectivity index (χ4n) is 2.85. The fourth-order valence-corrected chi connectivity index (χ4v) is 2.85. The number of carbonyl (C=O) groups is 2. The van der Waals surface area contributed by atoms with Crippen LogP contribution in [0.2, 0.25) is 0 Å². The summed E-state index contributed by atoms with van der Waals surface area (Å²) in [6.45, 7) is 7.22. The van der Waals surface area contributed by atoms with Gasteiger partial charge in [0.25, 0.3) is 5.56 Å². The number of aromatic nitrogens is 2. The predicted octanol–water partition coefficient (Wildman–Crippen LogP) is 0.874. The van der Waals surface area contributed by atoms with E-state index in [1.165, 1.54) is 10.9 Å². The molecule has 0 saturated carbocycles. The number of nitrogens with zero attached hydrogens (tertiary/aromatic N) is 2. The largest absolute Gasteiger partial charge is 0.548 e. The van der Waals surface area contributed by atoms with Gasteiger partial charge in [0, 0.05) is 0 Å². The van der Waals surface area contributed by atoms with Crippen molar-refractivity contribution in [3.63, 3.8) is 0 Å². The molecule has 0 spiro atoms. The zero-order valence-corrected chi connectivity index (χ0v) is 15.4. The number of carboxylic acids is 1. The molecule has 2 rings (SSSR count). The predicted molar refractivity (Wildman–Crippen MR) is 96.3 cm³/mol. The molecule has 0 radical (unpaired) electrons. The van der Waals surface area contributed by atoms with Gasteiger partial charge in [0.2, 0.25) is 5.91 Å². The van der Waals surface area contributed by atoms with Gasteiger partial charge in [-0.1, -0.05) is 39.8 Å². The molecule has 1 aromatic heterocycles. The van der Waals surface area contributed by atoms with Crippen molar-refractivity contribution in [2.45, 2.75) is 46.2 Å². The third-order valence-electron chi connectivity index (χ3n) is 4.24. The molecule has 1 aromatic carbocycles. The second-order valence-corrected chi connectivity index (χ2v) is 7.17. The smallest absolute Gasteiger partial charge is 0.261 e. The van der Waals surface area contributed by atoms with E-state index >= 15 is 0 Å². The van der Waals surface area contributed by atoms with Gasteiger partial charge in [0.1, 0.15) is 6.04 Å². The van der Waals surface area contributed by atoms with E-state index in [0.717, 1.165) is 0 Å². The molecule has 2 aromatic rings. The van der Waals surface area contributed by atoms with Crippen LogP contribution in [0.3, 0.4) is 0 Å². The molecule has 0 aliphatic carbocycles. The van der Waals surface area contributed by atoms with E-state index in [-0.39, 0.29) is 17.4 Å². The number of carbonyl (C=O) groups excluding carboxylic acids is 2. The Balaban J connectivity index is 2.44. The average Bonchev–Trinajstić information content (AvgIpc) is 2.57. The molecule has 1 heterocycles. The molecular weight excluding hydrogens is 334 g/mol. The number of para-hydroxylation sites is 1. The van der Waals surface area contributed by atoms with E-state index in [9.17, 15) is 19.5 Å². The zero-order chi connectivity index (χ0) is 19.4. The Morgan fingerprint density at radius 3 is 2.42 bits per heavy atom. The van der Waals surface area contributed by atoms with Crippen LogP contribution in [-0.4, -0.2) is 27.5 Å². The molecule has 7 nitrogen and oxygen atoms in total. The fraction of sp³-hybridized carbons (Fsp3) is 0.474. The standard InChI is InChI=1S/C19H25N3O4/c1-11(2)9-15(17(23)21-16(12(3)4)19(25)26)22-10-20-14-8-6-5-7-13(14)18(22)24/h5-8,10-12,15-16H,9H2,1-4H3,(H,21,23)(H,25,26)/p-1/t15-,16-/m0/s1. The Kier molecular flexibility index (Phi) is 6.13. The number of hydrogen-bond acceptors (Lipinski definition) is 5. The first-order valence-corrected chi connectivity index (χ1v) is 8.69. The minimum Gasteiger partial charge on any atom is -0.548 e. The molecule has 0 bridgehead atoms. The highest BCUT2D eigenvalue weighted by Gasteiger charge is 2.27. The van der Waals surface area contributed by atoms with Crippen LogP contribution in [-0.2, 0) is 9.59 Å². The first-order chi connectivity index (χ1) is 12.2. The van der Waals surface area contributed by atoms with Gasteiger partial charge < -0.3 is 15.2 Å². The van der Waals surface area contributed by atoms with Crippen LogP contribution in [0, 0.1) is 11.8 Å². The monoisotopic (exact) mass is 358 g/mol. The highest BCUT2D eigenvalue weighted by atomic mass is 16.4. The third-order valence-corrected chi connectivity index (χ3v) is 4.24. The number of carboxylic acid groups (broad SMARTS) is 1. The highest BCUT2D eigenvalue weighted by Crippen LogP contribution is 2.18. The summed E-state index contributed by atoms with van der Waals surface area (Å²) in [5, 5.41) is 14.2. The van der Waals surface area contributed by atoms with Gasteiger partial charge in [-0.2, -0.15) is 0 Å².